The fourth-order valence-electron chi connectivity index (χ4n) is 2.40. The van der Waals surface area contributed by atoms with E-state index < -0.39 is 0 Å². The minimum Gasteiger partial charge on any atom is -0.378 e. The van der Waals surface area contributed by atoms with Crippen molar-refractivity contribution in [1.82, 2.24) is 5.32 Å². The topological polar surface area (TPSA) is 21.3 Å². The van der Waals surface area contributed by atoms with Gasteiger partial charge in [-0.05, 0) is 56.8 Å². The molecule has 4 heteroatoms. The third-order valence-corrected chi connectivity index (χ3v) is 3.92. The van der Waals surface area contributed by atoms with Crippen LogP contribution in [0.15, 0.2) is 18.2 Å². The van der Waals surface area contributed by atoms with E-state index in [1.54, 1.807) is 12.1 Å². The van der Waals surface area contributed by atoms with Gasteiger partial charge in [-0.15, -0.1) is 0 Å². The maximum atomic E-state index is 13.1. The molecule has 1 fully saturated rings. The minimum absolute atomic E-state index is 0.168. The second kappa shape index (κ2) is 7.22. The van der Waals surface area contributed by atoms with Gasteiger partial charge in [0.1, 0.15) is 5.82 Å². The van der Waals surface area contributed by atoms with E-state index in [-0.39, 0.29) is 16.9 Å². The molecule has 0 bridgehead atoms. The highest BCUT2D eigenvalue weighted by Gasteiger charge is 2.14. The zero-order valence-electron chi connectivity index (χ0n) is 11.3. The van der Waals surface area contributed by atoms with Crippen molar-refractivity contribution in [3.05, 3.63) is 34.6 Å². The van der Waals surface area contributed by atoms with E-state index in [1.165, 1.54) is 25.3 Å². The molecule has 0 spiro atoms. The van der Waals surface area contributed by atoms with Gasteiger partial charge >= 0.3 is 0 Å². The van der Waals surface area contributed by atoms with Crippen molar-refractivity contribution in [2.45, 2.75) is 44.8 Å². The molecular formula is C15H21ClFNO. The molecule has 106 valence electrons. The van der Waals surface area contributed by atoms with Gasteiger partial charge in [0.15, 0.2) is 0 Å². The van der Waals surface area contributed by atoms with Gasteiger partial charge in [0.05, 0.1) is 11.1 Å². The van der Waals surface area contributed by atoms with Crippen LogP contribution in [-0.4, -0.2) is 19.3 Å². The van der Waals surface area contributed by atoms with E-state index in [0.29, 0.717) is 6.10 Å². The predicted molar refractivity (Wildman–Crippen MR) is 76.0 cm³/mol. The van der Waals surface area contributed by atoms with Crippen molar-refractivity contribution in [3.63, 3.8) is 0 Å². The molecule has 2 unspecified atom stereocenters. The van der Waals surface area contributed by atoms with Crippen LogP contribution < -0.4 is 5.32 Å². The van der Waals surface area contributed by atoms with E-state index in [1.807, 2.05) is 0 Å². The van der Waals surface area contributed by atoms with E-state index in [0.717, 1.165) is 25.1 Å². The number of rotatable bonds is 5. The molecule has 0 radical (unpaired) electrons. The average Bonchev–Trinajstić information content (AvgIpc) is 2.43. The minimum atomic E-state index is -0.367. The third kappa shape index (κ3) is 4.44. The summed E-state index contributed by atoms with van der Waals surface area (Å²) in [6.45, 7) is 3.86. The molecule has 1 aliphatic heterocycles. The smallest absolute Gasteiger partial charge is 0.141 e. The number of benzene rings is 1. The van der Waals surface area contributed by atoms with Crippen LogP contribution in [0, 0.1) is 5.82 Å². The van der Waals surface area contributed by atoms with E-state index in [9.17, 15) is 4.39 Å². The highest BCUT2D eigenvalue weighted by molar-refractivity contribution is 6.30. The maximum Gasteiger partial charge on any atom is 0.141 e. The largest absolute Gasteiger partial charge is 0.378 e. The summed E-state index contributed by atoms with van der Waals surface area (Å²) >= 11 is 5.79. The second-order valence-corrected chi connectivity index (χ2v) is 5.53. The van der Waals surface area contributed by atoms with Crippen LogP contribution in [-0.2, 0) is 4.74 Å². The summed E-state index contributed by atoms with van der Waals surface area (Å²) in [5.74, 6) is -0.367. The summed E-state index contributed by atoms with van der Waals surface area (Å²) in [4.78, 5) is 0. The monoisotopic (exact) mass is 285 g/mol. The molecule has 1 N–H and O–H groups in total. The maximum absolute atomic E-state index is 13.1. The summed E-state index contributed by atoms with van der Waals surface area (Å²) in [5.41, 5.74) is 1.01. The Bertz CT molecular complexity index is 407. The fraction of sp³-hybridized carbons (Fsp3) is 0.600. The van der Waals surface area contributed by atoms with Crippen molar-refractivity contribution in [2.24, 2.45) is 0 Å². The van der Waals surface area contributed by atoms with Crippen LogP contribution in [0.25, 0.3) is 0 Å². The lowest BCUT2D eigenvalue weighted by molar-refractivity contribution is 0.0112. The molecule has 0 aliphatic carbocycles. The first-order valence-corrected chi connectivity index (χ1v) is 7.34. The standard InChI is InChI=1S/C15H21ClFNO/c1-11(12-5-6-15(17)14(16)10-12)18-8-7-13-4-2-3-9-19-13/h5-6,10-11,13,18H,2-4,7-9H2,1H3. The molecule has 0 aromatic heterocycles. The van der Waals surface area contributed by atoms with Crippen molar-refractivity contribution in [1.29, 1.82) is 0 Å². The molecule has 1 aromatic rings. The molecule has 1 aliphatic rings. The Hall–Kier alpha value is -0.640. The van der Waals surface area contributed by atoms with Crippen molar-refractivity contribution < 1.29 is 9.13 Å². The lowest BCUT2D eigenvalue weighted by Crippen LogP contribution is -2.27. The van der Waals surface area contributed by atoms with Gasteiger partial charge < -0.3 is 10.1 Å². The van der Waals surface area contributed by atoms with Crippen LogP contribution in [0.4, 0.5) is 4.39 Å². The molecule has 0 saturated carbocycles. The van der Waals surface area contributed by atoms with Gasteiger partial charge in [0.25, 0.3) is 0 Å². The summed E-state index contributed by atoms with van der Waals surface area (Å²) in [6, 6.07) is 5.04. The van der Waals surface area contributed by atoms with Gasteiger partial charge in [-0.2, -0.15) is 0 Å². The normalized spacial score (nSPS) is 21.3. The molecule has 2 rings (SSSR count). The number of ether oxygens (including phenoxy) is 1. The van der Waals surface area contributed by atoms with E-state index in [2.05, 4.69) is 12.2 Å². The highest BCUT2D eigenvalue weighted by Crippen LogP contribution is 2.21. The Morgan fingerprint density at radius 3 is 3.00 bits per heavy atom. The molecule has 1 saturated heterocycles. The number of hydrogen-bond donors (Lipinski definition) is 1. The van der Waals surface area contributed by atoms with Crippen LogP contribution in [0.3, 0.4) is 0 Å². The molecular weight excluding hydrogens is 265 g/mol. The Kier molecular flexibility index (Phi) is 5.61. The molecule has 0 amide bonds. The summed E-state index contributed by atoms with van der Waals surface area (Å²) in [7, 11) is 0. The van der Waals surface area contributed by atoms with Crippen LogP contribution >= 0.6 is 11.6 Å². The Morgan fingerprint density at radius 2 is 2.32 bits per heavy atom. The first-order valence-electron chi connectivity index (χ1n) is 6.97. The lowest BCUT2D eigenvalue weighted by atomic mass is 10.1. The first-order chi connectivity index (χ1) is 9.16. The Balaban J connectivity index is 1.76. The van der Waals surface area contributed by atoms with E-state index >= 15 is 0 Å². The molecule has 1 heterocycles. The number of nitrogens with one attached hydrogen (secondary N) is 1. The Morgan fingerprint density at radius 1 is 1.47 bits per heavy atom. The van der Waals surface area contributed by atoms with Crippen molar-refractivity contribution >= 4 is 11.6 Å². The highest BCUT2D eigenvalue weighted by atomic mass is 35.5. The molecule has 19 heavy (non-hydrogen) atoms. The van der Waals surface area contributed by atoms with Gasteiger partial charge in [0, 0.05) is 12.6 Å². The summed E-state index contributed by atoms with van der Waals surface area (Å²) in [5, 5.41) is 3.61. The Labute approximate surface area is 119 Å². The summed E-state index contributed by atoms with van der Waals surface area (Å²) in [6.07, 6.45) is 5.05. The number of halogens is 2. The zero-order chi connectivity index (χ0) is 13.7. The van der Waals surface area contributed by atoms with Crippen LogP contribution in [0.2, 0.25) is 5.02 Å². The third-order valence-electron chi connectivity index (χ3n) is 3.63. The lowest BCUT2D eigenvalue weighted by Gasteiger charge is -2.23. The van der Waals surface area contributed by atoms with Gasteiger partial charge in [0.2, 0.25) is 0 Å². The van der Waals surface area contributed by atoms with Gasteiger partial charge in [-0.1, -0.05) is 17.7 Å². The second-order valence-electron chi connectivity index (χ2n) is 5.13. The SMILES string of the molecule is CC(NCCC1CCCCO1)c1ccc(F)c(Cl)c1. The predicted octanol–water partition coefficient (Wildman–Crippen LogP) is 4.09. The number of hydrogen-bond acceptors (Lipinski definition) is 2. The average molecular weight is 286 g/mol. The first kappa shape index (κ1) is 14.8. The summed E-state index contributed by atoms with van der Waals surface area (Å²) < 4.78 is 18.8. The van der Waals surface area contributed by atoms with Crippen molar-refractivity contribution in [3.8, 4) is 0 Å². The molecule has 1 aromatic carbocycles. The van der Waals surface area contributed by atoms with Crippen LogP contribution in [0.1, 0.15) is 44.2 Å². The molecule has 2 atom stereocenters. The van der Waals surface area contributed by atoms with Gasteiger partial charge in [-0.25, -0.2) is 4.39 Å². The zero-order valence-corrected chi connectivity index (χ0v) is 12.0. The van der Waals surface area contributed by atoms with E-state index in [4.69, 9.17) is 16.3 Å². The quantitative estimate of drug-likeness (QED) is 0.880. The van der Waals surface area contributed by atoms with Crippen LogP contribution in [0.5, 0.6) is 0 Å². The van der Waals surface area contributed by atoms with Gasteiger partial charge in [-0.3, -0.25) is 0 Å². The van der Waals surface area contributed by atoms with Crippen molar-refractivity contribution in [2.75, 3.05) is 13.2 Å². The fourth-order valence-corrected chi connectivity index (χ4v) is 2.58. The molecule has 2 nitrogen and oxygen atoms in total.